The van der Waals surface area contributed by atoms with Crippen LogP contribution in [0.4, 0.5) is 0 Å². The van der Waals surface area contributed by atoms with Gasteiger partial charge in [-0.1, -0.05) is 28.5 Å². The van der Waals surface area contributed by atoms with Gasteiger partial charge in [0.15, 0.2) is 6.29 Å². The van der Waals surface area contributed by atoms with Gasteiger partial charge in [-0.2, -0.15) is 0 Å². The number of alkyl halides is 1. The zero-order valence-electron chi connectivity index (χ0n) is 7.76. The van der Waals surface area contributed by atoms with Gasteiger partial charge in [0, 0.05) is 6.61 Å². The van der Waals surface area contributed by atoms with E-state index >= 15 is 0 Å². The van der Waals surface area contributed by atoms with E-state index in [1.165, 1.54) is 0 Å². The van der Waals surface area contributed by atoms with Crippen LogP contribution in [0.25, 0.3) is 0 Å². The van der Waals surface area contributed by atoms with E-state index in [1.807, 2.05) is 20.8 Å². The first kappa shape index (κ1) is 12.2. The van der Waals surface area contributed by atoms with E-state index in [1.54, 1.807) is 0 Å². The molecule has 0 aliphatic heterocycles. The van der Waals surface area contributed by atoms with Crippen LogP contribution >= 0.6 is 22.6 Å². The van der Waals surface area contributed by atoms with Crippen molar-refractivity contribution in [1.82, 2.24) is 0 Å². The second-order valence-electron chi connectivity index (χ2n) is 2.81. The minimum Gasteiger partial charge on any atom is -0.352 e. The molecule has 0 saturated heterocycles. The Hall–Kier alpha value is 0.210. The van der Waals surface area contributed by atoms with Gasteiger partial charge in [0.25, 0.3) is 0 Å². The highest BCUT2D eigenvalue weighted by atomic mass is 127. The highest BCUT2D eigenvalue weighted by Gasteiger charge is 2.20. The molecule has 0 aromatic rings. The van der Waals surface area contributed by atoms with Crippen LogP contribution in [0, 0.1) is 12.3 Å². The maximum Gasteiger partial charge on any atom is 0.168 e. The SMILES string of the molecule is C#CC(C)(C)OC(CI)OCC. The summed E-state index contributed by atoms with van der Waals surface area (Å²) in [6, 6.07) is 0. The van der Waals surface area contributed by atoms with Crippen LogP contribution in [0.3, 0.4) is 0 Å². The van der Waals surface area contributed by atoms with Gasteiger partial charge in [0.1, 0.15) is 5.60 Å². The van der Waals surface area contributed by atoms with Crippen molar-refractivity contribution in [2.45, 2.75) is 32.7 Å². The topological polar surface area (TPSA) is 18.5 Å². The van der Waals surface area contributed by atoms with Crippen LogP contribution in [0.1, 0.15) is 20.8 Å². The lowest BCUT2D eigenvalue weighted by atomic mass is 10.1. The summed E-state index contributed by atoms with van der Waals surface area (Å²) in [5.74, 6) is 2.56. The van der Waals surface area contributed by atoms with Gasteiger partial charge in [0.05, 0.1) is 4.43 Å². The lowest BCUT2D eigenvalue weighted by Gasteiger charge is -2.24. The molecule has 3 heteroatoms. The minimum atomic E-state index is -0.537. The van der Waals surface area contributed by atoms with E-state index in [0.29, 0.717) is 6.61 Å². The second-order valence-corrected chi connectivity index (χ2v) is 3.69. The Bertz CT molecular complexity index is 160. The molecule has 0 aliphatic rings. The van der Waals surface area contributed by atoms with Gasteiger partial charge in [-0.05, 0) is 20.8 Å². The van der Waals surface area contributed by atoms with E-state index in [9.17, 15) is 0 Å². The van der Waals surface area contributed by atoms with Crippen LogP contribution in [-0.4, -0.2) is 22.9 Å². The molecule has 0 rings (SSSR count). The van der Waals surface area contributed by atoms with E-state index < -0.39 is 5.60 Å². The summed E-state index contributed by atoms with van der Waals surface area (Å²) in [5, 5.41) is 0. The van der Waals surface area contributed by atoms with Gasteiger partial charge in [-0.25, -0.2) is 0 Å². The van der Waals surface area contributed by atoms with Crippen molar-refractivity contribution in [2.75, 3.05) is 11.0 Å². The Morgan fingerprint density at radius 2 is 2.17 bits per heavy atom. The van der Waals surface area contributed by atoms with Crippen LogP contribution in [-0.2, 0) is 9.47 Å². The molecule has 1 atom stereocenters. The molecule has 0 saturated carbocycles. The zero-order valence-corrected chi connectivity index (χ0v) is 9.92. The van der Waals surface area contributed by atoms with E-state index in [2.05, 4.69) is 28.5 Å². The van der Waals surface area contributed by atoms with Crippen molar-refractivity contribution in [2.24, 2.45) is 0 Å². The lowest BCUT2D eigenvalue weighted by molar-refractivity contribution is -0.165. The molecule has 0 fully saturated rings. The monoisotopic (exact) mass is 282 g/mol. The van der Waals surface area contributed by atoms with Crippen molar-refractivity contribution in [3.05, 3.63) is 0 Å². The predicted molar refractivity (Wildman–Crippen MR) is 58.3 cm³/mol. The lowest BCUT2D eigenvalue weighted by Crippen LogP contribution is -2.31. The smallest absolute Gasteiger partial charge is 0.168 e. The fourth-order valence-corrected chi connectivity index (χ4v) is 1.09. The van der Waals surface area contributed by atoms with Gasteiger partial charge in [-0.15, -0.1) is 6.42 Å². The molecule has 0 spiro atoms. The number of terminal acetylenes is 1. The average molecular weight is 282 g/mol. The standard InChI is InChI=1S/C9H15IO2/c1-5-9(3,4)12-8(7-10)11-6-2/h1,8H,6-7H2,2-4H3. The molecule has 0 aliphatic carbocycles. The molecule has 0 heterocycles. The Morgan fingerprint density at radius 1 is 1.58 bits per heavy atom. The fourth-order valence-electron chi connectivity index (χ4n) is 0.659. The second kappa shape index (κ2) is 5.79. The van der Waals surface area contributed by atoms with Crippen LogP contribution in [0.15, 0.2) is 0 Å². The minimum absolute atomic E-state index is 0.193. The average Bonchev–Trinajstić information content (AvgIpc) is 2.03. The predicted octanol–water partition coefficient (Wildman–Crippen LogP) is 2.21. The third-order valence-electron chi connectivity index (χ3n) is 1.25. The van der Waals surface area contributed by atoms with Crippen LogP contribution in [0.2, 0.25) is 0 Å². The molecule has 0 N–H and O–H groups in total. The summed E-state index contributed by atoms with van der Waals surface area (Å²) in [4.78, 5) is 0. The van der Waals surface area contributed by atoms with Gasteiger partial charge in [-0.3, -0.25) is 0 Å². The maximum atomic E-state index is 5.51. The highest BCUT2D eigenvalue weighted by molar-refractivity contribution is 14.1. The fraction of sp³-hybridized carbons (Fsp3) is 0.778. The Kier molecular flexibility index (Phi) is 5.89. The van der Waals surface area contributed by atoms with Crippen molar-refractivity contribution >= 4 is 22.6 Å². The summed E-state index contributed by atoms with van der Waals surface area (Å²) in [5.41, 5.74) is -0.537. The number of ether oxygens (including phenoxy) is 2. The molecule has 0 bridgehead atoms. The molecule has 12 heavy (non-hydrogen) atoms. The van der Waals surface area contributed by atoms with Gasteiger partial charge >= 0.3 is 0 Å². The molecule has 1 unspecified atom stereocenters. The number of hydrogen-bond donors (Lipinski definition) is 0. The molecule has 0 aromatic carbocycles. The third-order valence-corrected chi connectivity index (χ3v) is 1.97. The van der Waals surface area contributed by atoms with Crippen molar-refractivity contribution in [1.29, 1.82) is 0 Å². The molecule has 0 aromatic heterocycles. The van der Waals surface area contributed by atoms with Crippen molar-refractivity contribution in [3.63, 3.8) is 0 Å². The summed E-state index contributed by atoms with van der Waals surface area (Å²) in [6.07, 6.45) is 5.08. The Morgan fingerprint density at radius 3 is 2.50 bits per heavy atom. The van der Waals surface area contributed by atoms with Gasteiger partial charge in [0.2, 0.25) is 0 Å². The molecule has 0 amide bonds. The normalized spacial score (nSPS) is 13.9. The van der Waals surface area contributed by atoms with Crippen molar-refractivity contribution < 1.29 is 9.47 Å². The molecule has 2 nitrogen and oxygen atoms in total. The van der Waals surface area contributed by atoms with Crippen LogP contribution in [0.5, 0.6) is 0 Å². The molecule has 70 valence electrons. The number of hydrogen-bond acceptors (Lipinski definition) is 2. The van der Waals surface area contributed by atoms with Crippen molar-refractivity contribution in [3.8, 4) is 12.3 Å². The van der Waals surface area contributed by atoms with Crippen LogP contribution < -0.4 is 0 Å². The maximum absolute atomic E-state index is 5.51. The molecule has 0 radical (unpaired) electrons. The van der Waals surface area contributed by atoms with E-state index in [4.69, 9.17) is 15.9 Å². The molecular weight excluding hydrogens is 267 g/mol. The summed E-state index contributed by atoms with van der Waals surface area (Å²) in [7, 11) is 0. The summed E-state index contributed by atoms with van der Waals surface area (Å²) >= 11 is 2.21. The van der Waals surface area contributed by atoms with E-state index in [-0.39, 0.29) is 6.29 Å². The summed E-state index contributed by atoms with van der Waals surface area (Å²) < 4.78 is 11.6. The zero-order chi connectivity index (χ0) is 9.61. The Labute approximate surface area is 88.1 Å². The third kappa shape index (κ3) is 4.96. The molecular formula is C9H15IO2. The number of halogens is 1. The first-order valence-corrected chi connectivity index (χ1v) is 5.41. The quantitative estimate of drug-likeness (QED) is 0.333. The number of rotatable bonds is 5. The highest BCUT2D eigenvalue weighted by Crippen LogP contribution is 2.13. The van der Waals surface area contributed by atoms with Gasteiger partial charge < -0.3 is 9.47 Å². The first-order chi connectivity index (χ1) is 5.55. The Balaban J connectivity index is 3.94. The summed E-state index contributed by atoms with van der Waals surface area (Å²) in [6.45, 7) is 6.29. The van der Waals surface area contributed by atoms with E-state index in [0.717, 1.165) is 4.43 Å². The largest absolute Gasteiger partial charge is 0.352 e. The first-order valence-electron chi connectivity index (χ1n) is 3.89.